The third-order valence-corrected chi connectivity index (χ3v) is 3.70. The second kappa shape index (κ2) is 8.56. The number of nitrogens with one attached hydrogen (secondary N) is 1. The van der Waals surface area contributed by atoms with Crippen LogP contribution in [0.2, 0.25) is 0 Å². The largest absolute Gasteiger partial charge is 0.497 e. The molecular weight excluding hydrogens is 350 g/mol. The summed E-state index contributed by atoms with van der Waals surface area (Å²) in [7, 11) is 1.59. The zero-order chi connectivity index (χ0) is 19.1. The Hall–Kier alpha value is -3.75. The van der Waals surface area contributed by atoms with E-state index in [9.17, 15) is 9.59 Å². The van der Waals surface area contributed by atoms with Crippen LogP contribution in [-0.2, 0) is 16.1 Å². The topological polar surface area (TPSA) is 108 Å². The standard InChI is InChI=1S/C18H17N5O4/c1-26-16-8-2-13(3-9-16)10-19-17(24)11-27-18(25)14-4-6-15(7-5-14)23-12-20-21-22-23/h2-9,12H,10-11H2,1H3,(H,19,24). The predicted octanol–water partition coefficient (Wildman–Crippen LogP) is 1.14. The van der Waals surface area contributed by atoms with E-state index in [1.54, 1.807) is 43.5 Å². The zero-order valence-corrected chi connectivity index (χ0v) is 14.5. The first kappa shape index (κ1) is 18.1. The van der Waals surface area contributed by atoms with E-state index in [0.29, 0.717) is 17.8 Å². The number of tetrazole rings is 1. The highest BCUT2D eigenvalue weighted by molar-refractivity contribution is 5.91. The predicted molar refractivity (Wildman–Crippen MR) is 94.3 cm³/mol. The van der Waals surface area contributed by atoms with Crippen molar-refractivity contribution in [2.45, 2.75) is 6.54 Å². The number of ether oxygens (including phenoxy) is 2. The van der Waals surface area contributed by atoms with Crippen molar-refractivity contribution >= 4 is 11.9 Å². The Kier molecular flexibility index (Phi) is 5.73. The fourth-order valence-electron chi connectivity index (χ4n) is 2.24. The van der Waals surface area contributed by atoms with Crippen molar-refractivity contribution in [3.63, 3.8) is 0 Å². The summed E-state index contributed by atoms with van der Waals surface area (Å²) in [5.74, 6) is -0.229. The summed E-state index contributed by atoms with van der Waals surface area (Å²) in [5, 5.41) is 13.5. The van der Waals surface area contributed by atoms with Crippen molar-refractivity contribution in [1.82, 2.24) is 25.5 Å². The Balaban J connectivity index is 1.45. The highest BCUT2D eigenvalue weighted by atomic mass is 16.5. The molecule has 3 rings (SSSR count). The Morgan fingerprint density at radius 2 is 1.81 bits per heavy atom. The van der Waals surface area contributed by atoms with Crippen LogP contribution >= 0.6 is 0 Å². The number of hydrogen-bond acceptors (Lipinski definition) is 7. The fourth-order valence-corrected chi connectivity index (χ4v) is 2.24. The molecule has 0 atom stereocenters. The van der Waals surface area contributed by atoms with E-state index in [1.807, 2.05) is 12.1 Å². The lowest BCUT2D eigenvalue weighted by Crippen LogP contribution is -2.28. The van der Waals surface area contributed by atoms with Crippen LogP contribution in [-0.4, -0.2) is 45.8 Å². The highest BCUT2D eigenvalue weighted by Gasteiger charge is 2.10. The molecule has 1 N–H and O–H groups in total. The molecule has 9 nitrogen and oxygen atoms in total. The molecule has 9 heteroatoms. The van der Waals surface area contributed by atoms with E-state index < -0.39 is 5.97 Å². The lowest BCUT2D eigenvalue weighted by Gasteiger charge is -2.08. The number of hydrogen-bond donors (Lipinski definition) is 1. The van der Waals surface area contributed by atoms with Crippen molar-refractivity contribution in [3.05, 3.63) is 66.0 Å². The van der Waals surface area contributed by atoms with Crippen LogP contribution in [0.4, 0.5) is 0 Å². The summed E-state index contributed by atoms with van der Waals surface area (Å²) in [6, 6.07) is 13.8. The molecule has 0 radical (unpaired) electrons. The number of rotatable bonds is 7. The molecule has 3 aromatic rings. The Labute approximate surface area is 154 Å². The lowest BCUT2D eigenvalue weighted by molar-refractivity contribution is -0.124. The first-order chi connectivity index (χ1) is 13.2. The molecule has 2 aromatic carbocycles. The van der Waals surface area contributed by atoms with E-state index in [4.69, 9.17) is 9.47 Å². The molecule has 0 fully saturated rings. The normalized spacial score (nSPS) is 10.3. The van der Waals surface area contributed by atoms with E-state index in [1.165, 1.54) is 11.0 Å². The maximum atomic E-state index is 12.0. The number of carbonyl (C=O) groups excluding carboxylic acids is 2. The highest BCUT2D eigenvalue weighted by Crippen LogP contribution is 2.11. The molecule has 27 heavy (non-hydrogen) atoms. The Morgan fingerprint density at radius 3 is 2.44 bits per heavy atom. The third kappa shape index (κ3) is 4.88. The summed E-state index contributed by atoms with van der Waals surface area (Å²) < 4.78 is 11.6. The van der Waals surface area contributed by atoms with Crippen molar-refractivity contribution in [3.8, 4) is 11.4 Å². The zero-order valence-electron chi connectivity index (χ0n) is 14.5. The molecule has 1 aromatic heterocycles. The maximum Gasteiger partial charge on any atom is 0.338 e. The molecule has 0 aliphatic carbocycles. The minimum atomic E-state index is -0.585. The molecule has 0 saturated heterocycles. The van der Waals surface area contributed by atoms with Gasteiger partial charge in [-0.2, -0.15) is 0 Å². The third-order valence-electron chi connectivity index (χ3n) is 3.70. The second-order valence-electron chi connectivity index (χ2n) is 5.50. The van der Waals surface area contributed by atoms with Gasteiger partial charge in [0.1, 0.15) is 12.1 Å². The maximum absolute atomic E-state index is 12.0. The number of aromatic nitrogens is 4. The molecule has 0 unspecified atom stereocenters. The minimum absolute atomic E-state index is 0.328. The average molecular weight is 367 g/mol. The van der Waals surface area contributed by atoms with Gasteiger partial charge in [0, 0.05) is 6.54 Å². The molecule has 0 saturated carbocycles. The van der Waals surface area contributed by atoms with Gasteiger partial charge in [0.05, 0.1) is 18.4 Å². The van der Waals surface area contributed by atoms with Crippen LogP contribution in [0.15, 0.2) is 54.9 Å². The van der Waals surface area contributed by atoms with Gasteiger partial charge < -0.3 is 14.8 Å². The van der Waals surface area contributed by atoms with Gasteiger partial charge in [-0.25, -0.2) is 9.48 Å². The van der Waals surface area contributed by atoms with Gasteiger partial charge >= 0.3 is 5.97 Å². The monoisotopic (exact) mass is 367 g/mol. The quantitative estimate of drug-likeness (QED) is 0.624. The van der Waals surface area contributed by atoms with Crippen LogP contribution in [0.3, 0.4) is 0 Å². The van der Waals surface area contributed by atoms with Crippen LogP contribution in [0, 0.1) is 0 Å². The van der Waals surface area contributed by atoms with Crippen LogP contribution < -0.4 is 10.1 Å². The van der Waals surface area contributed by atoms with Gasteiger partial charge in [-0.05, 0) is 52.4 Å². The number of nitrogens with zero attached hydrogens (tertiary/aromatic N) is 4. The van der Waals surface area contributed by atoms with Crippen molar-refractivity contribution in [1.29, 1.82) is 0 Å². The number of benzene rings is 2. The van der Waals surface area contributed by atoms with Crippen molar-refractivity contribution in [2.75, 3.05) is 13.7 Å². The molecule has 1 amide bonds. The first-order valence-corrected chi connectivity index (χ1v) is 8.06. The number of esters is 1. The molecule has 138 valence electrons. The van der Waals surface area contributed by atoms with Gasteiger partial charge in [0.25, 0.3) is 5.91 Å². The van der Waals surface area contributed by atoms with Crippen LogP contribution in [0.25, 0.3) is 5.69 Å². The first-order valence-electron chi connectivity index (χ1n) is 8.06. The summed E-state index contributed by atoms with van der Waals surface area (Å²) in [4.78, 5) is 23.9. The SMILES string of the molecule is COc1ccc(CNC(=O)COC(=O)c2ccc(-n3cnnn3)cc2)cc1. The Morgan fingerprint density at radius 1 is 1.07 bits per heavy atom. The summed E-state index contributed by atoms with van der Waals surface area (Å²) in [5.41, 5.74) is 1.94. The van der Waals surface area contributed by atoms with E-state index >= 15 is 0 Å². The van der Waals surface area contributed by atoms with Crippen molar-refractivity contribution < 1.29 is 19.1 Å². The summed E-state index contributed by atoms with van der Waals surface area (Å²) in [6.07, 6.45) is 1.44. The van der Waals surface area contributed by atoms with Crippen LogP contribution in [0.1, 0.15) is 15.9 Å². The number of amides is 1. The molecular formula is C18H17N5O4. The van der Waals surface area contributed by atoms with Gasteiger partial charge in [-0.3, -0.25) is 4.79 Å². The molecule has 0 spiro atoms. The van der Waals surface area contributed by atoms with Crippen LogP contribution in [0.5, 0.6) is 5.75 Å². The summed E-state index contributed by atoms with van der Waals surface area (Å²) in [6.45, 7) is -0.0231. The Bertz CT molecular complexity index is 893. The molecule has 0 bridgehead atoms. The lowest BCUT2D eigenvalue weighted by atomic mass is 10.2. The van der Waals surface area contributed by atoms with E-state index in [0.717, 1.165) is 11.3 Å². The van der Waals surface area contributed by atoms with Gasteiger partial charge in [0.2, 0.25) is 0 Å². The smallest absolute Gasteiger partial charge is 0.338 e. The molecule has 1 heterocycles. The average Bonchev–Trinajstić information content (AvgIpc) is 3.26. The second-order valence-corrected chi connectivity index (χ2v) is 5.50. The van der Waals surface area contributed by atoms with E-state index in [2.05, 4.69) is 20.8 Å². The molecule has 0 aliphatic rings. The fraction of sp³-hybridized carbons (Fsp3) is 0.167. The van der Waals surface area contributed by atoms with Gasteiger partial charge in [0.15, 0.2) is 6.61 Å². The molecule has 0 aliphatic heterocycles. The number of methoxy groups -OCH3 is 1. The van der Waals surface area contributed by atoms with Gasteiger partial charge in [-0.1, -0.05) is 12.1 Å². The van der Waals surface area contributed by atoms with Crippen molar-refractivity contribution in [2.24, 2.45) is 0 Å². The minimum Gasteiger partial charge on any atom is -0.497 e. The van der Waals surface area contributed by atoms with Gasteiger partial charge in [-0.15, -0.1) is 5.10 Å². The summed E-state index contributed by atoms with van der Waals surface area (Å²) >= 11 is 0. The van der Waals surface area contributed by atoms with E-state index in [-0.39, 0.29) is 12.5 Å². The number of carbonyl (C=O) groups is 2.